The van der Waals surface area contributed by atoms with Crippen LogP contribution in [-0.2, 0) is 0 Å². The van der Waals surface area contributed by atoms with Crippen LogP contribution in [-0.4, -0.2) is 20.1 Å². The van der Waals surface area contributed by atoms with E-state index in [0.29, 0.717) is 6.04 Å². The summed E-state index contributed by atoms with van der Waals surface area (Å²) < 4.78 is 0. The van der Waals surface area contributed by atoms with Crippen molar-refractivity contribution in [1.82, 2.24) is 5.32 Å². The van der Waals surface area contributed by atoms with Crippen LogP contribution in [0.3, 0.4) is 0 Å². The highest BCUT2D eigenvalue weighted by Crippen LogP contribution is 2.30. The summed E-state index contributed by atoms with van der Waals surface area (Å²) in [6.45, 7) is 6.96. The van der Waals surface area contributed by atoms with Crippen molar-refractivity contribution in [2.75, 3.05) is 25.0 Å². The molecule has 1 fully saturated rings. The highest BCUT2D eigenvalue weighted by atomic mass is 15.2. The second-order valence-electron chi connectivity index (χ2n) is 4.91. The molecule has 0 aromatic heterocycles. The molecule has 0 radical (unpaired) electrons. The quantitative estimate of drug-likeness (QED) is 0.839. The zero-order chi connectivity index (χ0) is 11.5. The predicted molar refractivity (Wildman–Crippen MR) is 69.9 cm³/mol. The van der Waals surface area contributed by atoms with Crippen molar-refractivity contribution in [1.29, 1.82) is 0 Å². The van der Waals surface area contributed by atoms with Crippen molar-refractivity contribution in [3.8, 4) is 0 Å². The Morgan fingerprint density at radius 2 is 2.12 bits per heavy atom. The summed E-state index contributed by atoms with van der Waals surface area (Å²) in [7, 11) is 2.02. The Bertz CT molecular complexity index is 348. The lowest BCUT2D eigenvalue weighted by Gasteiger charge is -2.24. The van der Waals surface area contributed by atoms with Crippen LogP contribution in [0.2, 0.25) is 0 Å². The van der Waals surface area contributed by atoms with Gasteiger partial charge >= 0.3 is 0 Å². The van der Waals surface area contributed by atoms with Gasteiger partial charge in [0.2, 0.25) is 0 Å². The van der Waals surface area contributed by atoms with Gasteiger partial charge in [-0.15, -0.1) is 0 Å². The Labute approximate surface area is 98.7 Å². The van der Waals surface area contributed by atoms with E-state index < -0.39 is 0 Å². The van der Waals surface area contributed by atoms with Gasteiger partial charge in [0.15, 0.2) is 0 Å². The Hall–Kier alpha value is -1.02. The molecule has 0 bridgehead atoms. The lowest BCUT2D eigenvalue weighted by molar-refractivity contribution is 0.645. The second kappa shape index (κ2) is 4.88. The molecular weight excluding hydrogens is 196 g/mol. The van der Waals surface area contributed by atoms with Gasteiger partial charge in [-0.2, -0.15) is 0 Å². The standard InChI is InChI=1S/C14H22N2/c1-11-8-9-16(10-11)14-7-5-4-6-13(14)12(2)15-3/h4-7,11-12,15H,8-10H2,1-3H3. The largest absolute Gasteiger partial charge is 0.371 e. The maximum absolute atomic E-state index is 3.33. The van der Waals surface area contributed by atoms with Gasteiger partial charge in [0, 0.05) is 24.8 Å². The topological polar surface area (TPSA) is 15.3 Å². The summed E-state index contributed by atoms with van der Waals surface area (Å²) in [5, 5.41) is 3.33. The van der Waals surface area contributed by atoms with Gasteiger partial charge in [0.25, 0.3) is 0 Å². The monoisotopic (exact) mass is 218 g/mol. The number of rotatable bonds is 3. The Kier molecular flexibility index (Phi) is 3.49. The molecule has 2 rings (SSSR count). The van der Waals surface area contributed by atoms with Crippen LogP contribution in [0.1, 0.15) is 31.9 Å². The summed E-state index contributed by atoms with van der Waals surface area (Å²) in [6, 6.07) is 9.18. The fraction of sp³-hybridized carbons (Fsp3) is 0.571. The molecule has 16 heavy (non-hydrogen) atoms. The van der Waals surface area contributed by atoms with Gasteiger partial charge in [-0.05, 0) is 37.9 Å². The van der Waals surface area contributed by atoms with E-state index in [9.17, 15) is 0 Å². The summed E-state index contributed by atoms with van der Waals surface area (Å²) in [5.74, 6) is 0.831. The molecule has 1 saturated heterocycles. The van der Waals surface area contributed by atoms with Gasteiger partial charge < -0.3 is 10.2 Å². The first-order valence-electron chi connectivity index (χ1n) is 6.23. The summed E-state index contributed by atoms with van der Waals surface area (Å²) >= 11 is 0. The zero-order valence-corrected chi connectivity index (χ0v) is 10.5. The molecule has 88 valence electrons. The van der Waals surface area contributed by atoms with E-state index >= 15 is 0 Å². The first-order valence-corrected chi connectivity index (χ1v) is 6.23. The molecule has 0 amide bonds. The van der Waals surface area contributed by atoms with Gasteiger partial charge in [-0.3, -0.25) is 0 Å². The third kappa shape index (κ3) is 2.22. The molecule has 1 aromatic carbocycles. The van der Waals surface area contributed by atoms with E-state index in [1.807, 2.05) is 7.05 Å². The normalized spacial score (nSPS) is 22.4. The third-order valence-electron chi connectivity index (χ3n) is 3.60. The van der Waals surface area contributed by atoms with E-state index in [1.54, 1.807) is 0 Å². The first-order chi connectivity index (χ1) is 7.72. The fourth-order valence-corrected chi connectivity index (χ4v) is 2.45. The molecule has 2 atom stereocenters. The van der Waals surface area contributed by atoms with Crippen molar-refractivity contribution in [3.63, 3.8) is 0 Å². The average molecular weight is 218 g/mol. The number of nitrogens with zero attached hydrogens (tertiary/aromatic N) is 1. The van der Waals surface area contributed by atoms with E-state index in [-0.39, 0.29) is 0 Å². The minimum atomic E-state index is 0.423. The molecule has 1 aromatic rings. The first kappa shape index (κ1) is 11.5. The van der Waals surface area contributed by atoms with Gasteiger partial charge in [-0.25, -0.2) is 0 Å². The predicted octanol–water partition coefficient (Wildman–Crippen LogP) is 2.81. The minimum absolute atomic E-state index is 0.423. The summed E-state index contributed by atoms with van der Waals surface area (Å²) in [5.41, 5.74) is 2.83. The molecule has 1 aliphatic rings. The lowest BCUT2D eigenvalue weighted by atomic mass is 10.1. The lowest BCUT2D eigenvalue weighted by Crippen LogP contribution is -2.23. The molecule has 0 saturated carbocycles. The maximum atomic E-state index is 3.33. The highest BCUT2D eigenvalue weighted by Gasteiger charge is 2.21. The smallest absolute Gasteiger partial charge is 0.0414 e. The molecule has 0 spiro atoms. The molecule has 1 aliphatic heterocycles. The summed E-state index contributed by atoms with van der Waals surface area (Å²) in [6.07, 6.45) is 1.32. The van der Waals surface area contributed by atoms with Crippen LogP contribution in [0, 0.1) is 5.92 Å². The van der Waals surface area contributed by atoms with Gasteiger partial charge in [-0.1, -0.05) is 25.1 Å². The maximum Gasteiger partial charge on any atom is 0.0414 e. The van der Waals surface area contributed by atoms with Crippen molar-refractivity contribution in [2.24, 2.45) is 5.92 Å². The molecular formula is C14H22N2. The molecule has 0 aliphatic carbocycles. The zero-order valence-electron chi connectivity index (χ0n) is 10.5. The number of nitrogens with one attached hydrogen (secondary N) is 1. The van der Waals surface area contributed by atoms with Crippen LogP contribution in [0.25, 0.3) is 0 Å². The number of anilines is 1. The highest BCUT2D eigenvalue weighted by molar-refractivity contribution is 5.55. The number of hydrogen-bond acceptors (Lipinski definition) is 2. The fourth-order valence-electron chi connectivity index (χ4n) is 2.45. The van der Waals surface area contributed by atoms with E-state index in [4.69, 9.17) is 0 Å². The van der Waals surface area contributed by atoms with Crippen LogP contribution in [0.5, 0.6) is 0 Å². The van der Waals surface area contributed by atoms with Gasteiger partial charge in [0.05, 0.1) is 0 Å². The Morgan fingerprint density at radius 1 is 1.38 bits per heavy atom. The van der Waals surface area contributed by atoms with E-state index in [2.05, 4.69) is 48.3 Å². The van der Waals surface area contributed by atoms with Crippen LogP contribution in [0.15, 0.2) is 24.3 Å². The molecule has 1 N–H and O–H groups in total. The SMILES string of the molecule is CNC(C)c1ccccc1N1CCC(C)C1. The van der Waals surface area contributed by atoms with Crippen LogP contribution < -0.4 is 10.2 Å². The summed E-state index contributed by atoms with van der Waals surface area (Å²) in [4.78, 5) is 2.52. The van der Waals surface area contributed by atoms with Crippen LogP contribution in [0.4, 0.5) is 5.69 Å². The number of para-hydroxylation sites is 1. The number of hydrogen-bond donors (Lipinski definition) is 1. The average Bonchev–Trinajstić information content (AvgIpc) is 2.75. The minimum Gasteiger partial charge on any atom is -0.371 e. The van der Waals surface area contributed by atoms with Gasteiger partial charge in [0.1, 0.15) is 0 Å². The molecule has 2 heteroatoms. The van der Waals surface area contributed by atoms with E-state index in [1.165, 1.54) is 30.8 Å². The second-order valence-corrected chi connectivity index (χ2v) is 4.91. The molecule has 1 heterocycles. The van der Waals surface area contributed by atoms with Crippen molar-refractivity contribution >= 4 is 5.69 Å². The van der Waals surface area contributed by atoms with Crippen molar-refractivity contribution < 1.29 is 0 Å². The van der Waals surface area contributed by atoms with Crippen molar-refractivity contribution in [2.45, 2.75) is 26.3 Å². The van der Waals surface area contributed by atoms with Crippen LogP contribution >= 0.6 is 0 Å². The van der Waals surface area contributed by atoms with E-state index in [0.717, 1.165) is 5.92 Å². The Balaban J connectivity index is 2.26. The third-order valence-corrected chi connectivity index (χ3v) is 3.60. The Morgan fingerprint density at radius 3 is 2.75 bits per heavy atom. The molecule has 2 nitrogen and oxygen atoms in total. The van der Waals surface area contributed by atoms with Crippen molar-refractivity contribution in [3.05, 3.63) is 29.8 Å². The molecule has 2 unspecified atom stereocenters. The number of benzene rings is 1.